The van der Waals surface area contributed by atoms with Gasteiger partial charge in [-0.2, -0.15) is 0 Å². The molecule has 2 aliphatic rings. The number of aliphatic carboxylic acids is 2. The maximum Gasteiger partial charge on any atom is 0.317 e. The number of carbonyl (C=O) groups excluding carboxylic acids is 1. The summed E-state index contributed by atoms with van der Waals surface area (Å²) in [5.74, 6) is 0.534. The number of H-pyrrole nitrogens is 1. The number of imidazole rings is 1. The van der Waals surface area contributed by atoms with E-state index in [0.29, 0.717) is 18.4 Å². The fourth-order valence-electron chi connectivity index (χ4n) is 4.12. The molecule has 0 bridgehead atoms. The van der Waals surface area contributed by atoms with E-state index in [1.807, 2.05) is 17.0 Å². The lowest BCUT2D eigenvalue weighted by Crippen LogP contribution is -2.42. The zero-order valence-corrected chi connectivity index (χ0v) is 19.3. The van der Waals surface area contributed by atoms with Crippen molar-refractivity contribution in [1.29, 1.82) is 0 Å². The van der Waals surface area contributed by atoms with E-state index in [1.165, 1.54) is 0 Å². The fourth-order valence-corrected chi connectivity index (χ4v) is 4.12. The van der Waals surface area contributed by atoms with Crippen LogP contribution >= 0.6 is 0 Å². The lowest BCUT2D eigenvalue weighted by Gasteiger charge is -2.28. The Labute approximate surface area is 193 Å². The summed E-state index contributed by atoms with van der Waals surface area (Å²) in [6.45, 7) is 4.41. The number of carboxylic acid groups (broad SMARTS) is 2. The highest BCUT2D eigenvalue weighted by atomic mass is 16.4. The van der Waals surface area contributed by atoms with Crippen molar-refractivity contribution in [3.8, 4) is 0 Å². The number of carbonyl (C=O) groups is 3. The van der Waals surface area contributed by atoms with Gasteiger partial charge in [0.2, 0.25) is 0 Å². The molecule has 1 aromatic heterocycles. The number of hydrogen-bond acceptors (Lipinski definition) is 5. The standard InChI is InChI=1S/C19H27N5O.2C2H4O2/c20-15-9-10-24(12-15)19(25)21-11-13-5-7-14(8-6-13)18-22-16-3-1-2-4-17(16)23-18;2*1-2(3)4/h1-4,13-15H,5-12,20H2,(H,21,25)(H,22,23);2*1H3,(H,3,4). The molecular formula is C23H35N5O5. The Morgan fingerprint density at radius 2 is 1.70 bits per heavy atom. The predicted octanol–water partition coefficient (Wildman–Crippen LogP) is 2.76. The summed E-state index contributed by atoms with van der Waals surface area (Å²) in [7, 11) is 0. The van der Waals surface area contributed by atoms with Gasteiger partial charge < -0.3 is 31.1 Å². The third-order valence-electron chi connectivity index (χ3n) is 5.70. The van der Waals surface area contributed by atoms with Crippen molar-refractivity contribution >= 4 is 29.0 Å². The number of nitrogens with zero attached hydrogens (tertiary/aromatic N) is 2. The zero-order chi connectivity index (χ0) is 24.4. The molecule has 1 saturated heterocycles. The van der Waals surface area contributed by atoms with Crippen LogP contribution in [-0.2, 0) is 9.59 Å². The van der Waals surface area contributed by atoms with E-state index < -0.39 is 11.9 Å². The van der Waals surface area contributed by atoms with E-state index in [0.717, 1.165) is 75.9 Å². The topological polar surface area (TPSA) is 162 Å². The summed E-state index contributed by atoms with van der Waals surface area (Å²) in [4.78, 5) is 40.2. The van der Waals surface area contributed by atoms with Gasteiger partial charge in [0.15, 0.2) is 0 Å². The molecule has 2 fully saturated rings. The van der Waals surface area contributed by atoms with E-state index in [-0.39, 0.29) is 12.1 Å². The highest BCUT2D eigenvalue weighted by Gasteiger charge is 2.27. The molecule has 33 heavy (non-hydrogen) atoms. The van der Waals surface area contributed by atoms with Crippen LogP contribution in [0.2, 0.25) is 0 Å². The minimum atomic E-state index is -0.833. The van der Waals surface area contributed by atoms with Gasteiger partial charge in [-0.3, -0.25) is 9.59 Å². The molecule has 6 N–H and O–H groups in total. The second-order valence-electron chi connectivity index (χ2n) is 8.58. The number of nitrogens with one attached hydrogen (secondary N) is 2. The van der Waals surface area contributed by atoms with Crippen LogP contribution in [0.5, 0.6) is 0 Å². The number of para-hydroxylation sites is 2. The average Bonchev–Trinajstić information content (AvgIpc) is 3.38. The van der Waals surface area contributed by atoms with Crippen molar-refractivity contribution in [2.45, 2.75) is 57.9 Å². The average molecular weight is 462 g/mol. The summed E-state index contributed by atoms with van der Waals surface area (Å²) < 4.78 is 0. The molecule has 1 saturated carbocycles. The number of carboxylic acids is 2. The predicted molar refractivity (Wildman–Crippen MR) is 125 cm³/mol. The maximum absolute atomic E-state index is 12.2. The van der Waals surface area contributed by atoms with Crippen LogP contribution in [0.25, 0.3) is 11.0 Å². The number of amides is 2. The lowest BCUT2D eigenvalue weighted by molar-refractivity contribution is -0.135. The fraction of sp³-hybridized carbons (Fsp3) is 0.565. The Balaban J connectivity index is 0.000000420. The van der Waals surface area contributed by atoms with Gasteiger partial charge in [0.25, 0.3) is 11.9 Å². The third-order valence-corrected chi connectivity index (χ3v) is 5.70. The molecule has 1 aliphatic heterocycles. The van der Waals surface area contributed by atoms with Crippen molar-refractivity contribution < 1.29 is 24.6 Å². The molecule has 1 aliphatic carbocycles. The Hall–Kier alpha value is -3.14. The Morgan fingerprint density at radius 3 is 2.24 bits per heavy atom. The first-order valence-electron chi connectivity index (χ1n) is 11.3. The van der Waals surface area contributed by atoms with E-state index in [2.05, 4.69) is 22.4 Å². The highest BCUT2D eigenvalue weighted by molar-refractivity contribution is 5.75. The van der Waals surface area contributed by atoms with Crippen LogP contribution in [0, 0.1) is 5.92 Å². The summed E-state index contributed by atoms with van der Waals surface area (Å²) in [5.41, 5.74) is 8.04. The second-order valence-corrected chi connectivity index (χ2v) is 8.58. The second kappa shape index (κ2) is 12.8. The first kappa shape index (κ1) is 26.1. The van der Waals surface area contributed by atoms with Gasteiger partial charge in [-0.25, -0.2) is 9.78 Å². The molecule has 1 atom stereocenters. The van der Waals surface area contributed by atoms with Crippen molar-refractivity contribution in [3.05, 3.63) is 30.1 Å². The van der Waals surface area contributed by atoms with Crippen molar-refractivity contribution in [2.75, 3.05) is 19.6 Å². The molecule has 0 spiro atoms. The smallest absolute Gasteiger partial charge is 0.317 e. The summed E-state index contributed by atoms with van der Waals surface area (Å²) in [6.07, 6.45) is 5.46. The Kier molecular flexibility index (Phi) is 10.1. The van der Waals surface area contributed by atoms with Crippen LogP contribution in [0.1, 0.15) is 57.7 Å². The monoisotopic (exact) mass is 461 g/mol. The number of aromatic amines is 1. The zero-order valence-electron chi connectivity index (χ0n) is 19.3. The third kappa shape index (κ3) is 9.09. The lowest BCUT2D eigenvalue weighted by atomic mass is 9.81. The molecule has 1 unspecified atom stereocenters. The van der Waals surface area contributed by atoms with Gasteiger partial charge in [-0.05, 0) is 50.2 Å². The van der Waals surface area contributed by atoms with E-state index >= 15 is 0 Å². The number of urea groups is 1. The molecule has 2 aromatic rings. The molecule has 2 heterocycles. The van der Waals surface area contributed by atoms with Gasteiger partial charge >= 0.3 is 6.03 Å². The van der Waals surface area contributed by atoms with Gasteiger partial charge in [0.1, 0.15) is 5.82 Å². The number of nitrogens with two attached hydrogens (primary N) is 1. The molecule has 182 valence electrons. The Bertz CT molecular complexity index is 870. The van der Waals surface area contributed by atoms with E-state index in [1.54, 1.807) is 0 Å². The minimum Gasteiger partial charge on any atom is -0.481 e. The first-order chi connectivity index (χ1) is 15.7. The molecule has 10 heteroatoms. The number of fused-ring (bicyclic) bond motifs is 1. The summed E-state index contributed by atoms with van der Waals surface area (Å²) >= 11 is 0. The van der Waals surface area contributed by atoms with Crippen LogP contribution in [0.4, 0.5) is 4.79 Å². The van der Waals surface area contributed by atoms with Crippen LogP contribution < -0.4 is 11.1 Å². The van der Waals surface area contributed by atoms with Gasteiger partial charge in [-0.1, -0.05) is 12.1 Å². The normalized spacial score (nSPS) is 21.9. The molecule has 4 rings (SSSR count). The van der Waals surface area contributed by atoms with Crippen molar-refractivity contribution in [2.24, 2.45) is 11.7 Å². The van der Waals surface area contributed by atoms with Crippen LogP contribution in [-0.4, -0.2) is 68.7 Å². The Morgan fingerprint density at radius 1 is 1.09 bits per heavy atom. The van der Waals surface area contributed by atoms with E-state index in [4.69, 9.17) is 30.5 Å². The molecule has 10 nitrogen and oxygen atoms in total. The minimum absolute atomic E-state index is 0.0485. The van der Waals surface area contributed by atoms with Gasteiger partial charge in [-0.15, -0.1) is 0 Å². The molecule has 0 radical (unpaired) electrons. The highest BCUT2D eigenvalue weighted by Crippen LogP contribution is 2.35. The van der Waals surface area contributed by atoms with Crippen molar-refractivity contribution in [1.82, 2.24) is 20.2 Å². The molecule has 2 amide bonds. The number of benzene rings is 1. The van der Waals surface area contributed by atoms with E-state index in [9.17, 15) is 4.79 Å². The van der Waals surface area contributed by atoms with Crippen molar-refractivity contribution in [3.63, 3.8) is 0 Å². The van der Waals surface area contributed by atoms with Crippen LogP contribution in [0.15, 0.2) is 24.3 Å². The number of hydrogen-bond donors (Lipinski definition) is 5. The quantitative estimate of drug-likeness (QED) is 0.469. The number of likely N-dealkylation sites (tertiary alicyclic amines) is 1. The SMILES string of the molecule is CC(=O)O.CC(=O)O.NC1CCN(C(=O)NCC2CCC(c3nc4ccccc4[nH]3)CC2)C1. The molecule has 1 aromatic carbocycles. The number of aromatic nitrogens is 2. The maximum atomic E-state index is 12.2. The summed E-state index contributed by atoms with van der Waals surface area (Å²) in [5, 5.41) is 17.9. The first-order valence-corrected chi connectivity index (χ1v) is 11.3. The van der Waals surface area contributed by atoms with Gasteiger partial charge in [0, 0.05) is 45.4 Å². The van der Waals surface area contributed by atoms with Gasteiger partial charge in [0.05, 0.1) is 11.0 Å². The molecular weight excluding hydrogens is 426 g/mol. The number of rotatable bonds is 3. The largest absolute Gasteiger partial charge is 0.481 e. The summed E-state index contributed by atoms with van der Waals surface area (Å²) in [6, 6.07) is 8.40. The van der Waals surface area contributed by atoms with Crippen LogP contribution in [0.3, 0.4) is 0 Å².